The molecule has 8 nitrogen and oxygen atoms in total. The molecule has 2 aromatic heterocycles. The van der Waals surface area contributed by atoms with Gasteiger partial charge in [-0.2, -0.15) is 9.97 Å². The molecule has 0 radical (unpaired) electrons. The molecular weight excluding hydrogens is 387 g/mol. The fraction of sp³-hybridized carbons (Fsp3) is 0.190. The number of methoxy groups -OCH3 is 1. The van der Waals surface area contributed by atoms with Gasteiger partial charge in [-0.1, -0.05) is 30.3 Å². The lowest BCUT2D eigenvalue weighted by Crippen LogP contribution is -2.07. The monoisotopic (exact) mass is 408 g/mol. The van der Waals surface area contributed by atoms with Crippen molar-refractivity contribution in [2.45, 2.75) is 6.54 Å². The number of rotatable bonds is 9. The Morgan fingerprint density at radius 3 is 2.73 bits per heavy atom. The summed E-state index contributed by atoms with van der Waals surface area (Å²) in [6.45, 7) is 1.25. The molecule has 2 aromatic carbocycles. The van der Waals surface area contributed by atoms with Crippen molar-refractivity contribution in [3.63, 3.8) is 0 Å². The number of imidazole rings is 1. The van der Waals surface area contributed by atoms with Gasteiger partial charge in [0.2, 0.25) is 5.95 Å². The molecule has 0 amide bonds. The number of benzene rings is 2. The molecule has 0 fully saturated rings. The Balaban J connectivity index is 1.52. The summed E-state index contributed by atoms with van der Waals surface area (Å²) in [5.74, 6) is 0.576. The first-order chi connectivity index (χ1) is 14.7. The zero-order valence-electron chi connectivity index (χ0n) is 16.4. The van der Waals surface area contributed by atoms with Gasteiger partial charge in [-0.3, -0.25) is 0 Å². The number of ether oxygens (including phenoxy) is 2. The lowest BCUT2D eigenvalue weighted by Gasteiger charge is -2.11. The minimum absolute atomic E-state index is 0.159. The molecule has 154 valence electrons. The molecule has 0 aliphatic carbocycles. The number of aromatic nitrogens is 4. The zero-order valence-corrected chi connectivity index (χ0v) is 16.4. The summed E-state index contributed by atoms with van der Waals surface area (Å²) in [5.41, 5.74) is 2.81. The van der Waals surface area contributed by atoms with Gasteiger partial charge < -0.3 is 25.1 Å². The summed E-state index contributed by atoms with van der Waals surface area (Å²) in [6, 6.07) is 14.6. The molecule has 30 heavy (non-hydrogen) atoms. The van der Waals surface area contributed by atoms with E-state index in [1.807, 2.05) is 30.3 Å². The maximum absolute atomic E-state index is 14.3. The van der Waals surface area contributed by atoms with Gasteiger partial charge >= 0.3 is 0 Å². The third-order valence-electron chi connectivity index (χ3n) is 4.32. The van der Waals surface area contributed by atoms with Crippen molar-refractivity contribution in [2.75, 3.05) is 31.0 Å². The van der Waals surface area contributed by atoms with Crippen LogP contribution < -0.4 is 15.4 Å². The van der Waals surface area contributed by atoms with Crippen LogP contribution in [0.25, 0.3) is 11.2 Å². The van der Waals surface area contributed by atoms with Gasteiger partial charge in [0.15, 0.2) is 23.0 Å². The van der Waals surface area contributed by atoms with Crippen LogP contribution in [-0.4, -0.2) is 40.3 Å². The van der Waals surface area contributed by atoms with Gasteiger partial charge in [-0.05, 0) is 17.7 Å². The molecule has 9 heteroatoms. The Hall–Kier alpha value is -3.72. The quantitative estimate of drug-likeness (QED) is 0.362. The lowest BCUT2D eigenvalue weighted by molar-refractivity contribution is 0.144. The number of anilines is 3. The number of nitrogens with zero attached hydrogens (tertiary/aromatic N) is 3. The minimum Gasteiger partial charge on any atom is -0.488 e. The Morgan fingerprint density at radius 2 is 1.93 bits per heavy atom. The van der Waals surface area contributed by atoms with Crippen molar-refractivity contribution in [2.24, 2.45) is 0 Å². The van der Waals surface area contributed by atoms with Crippen molar-refractivity contribution < 1.29 is 13.9 Å². The zero-order chi connectivity index (χ0) is 20.8. The van der Waals surface area contributed by atoms with Crippen molar-refractivity contribution in [1.82, 2.24) is 19.9 Å². The predicted octanol–water partition coefficient (Wildman–Crippen LogP) is 3.87. The highest BCUT2D eigenvalue weighted by Crippen LogP contribution is 2.25. The van der Waals surface area contributed by atoms with Crippen LogP contribution >= 0.6 is 0 Å². The lowest BCUT2D eigenvalue weighted by atomic mass is 10.2. The van der Waals surface area contributed by atoms with Crippen LogP contribution in [-0.2, 0) is 11.3 Å². The second-order valence-corrected chi connectivity index (χ2v) is 6.45. The molecule has 0 bridgehead atoms. The summed E-state index contributed by atoms with van der Waals surface area (Å²) in [7, 11) is 1.56. The SMILES string of the molecule is COCCOc1ccc(Nc2nc(NCc3ccccc3)c3[nH]cnc3n2)cc1F. The fourth-order valence-corrected chi connectivity index (χ4v) is 2.86. The van der Waals surface area contributed by atoms with E-state index in [1.54, 1.807) is 25.6 Å². The first-order valence-corrected chi connectivity index (χ1v) is 9.40. The molecule has 0 aliphatic rings. The smallest absolute Gasteiger partial charge is 0.231 e. The molecule has 0 atom stereocenters. The first kappa shape index (κ1) is 19.6. The first-order valence-electron chi connectivity index (χ1n) is 9.40. The number of H-pyrrole nitrogens is 1. The Morgan fingerprint density at radius 1 is 1.07 bits per heavy atom. The number of aromatic amines is 1. The van der Waals surface area contributed by atoms with Crippen LogP contribution in [0, 0.1) is 5.82 Å². The molecule has 4 rings (SSSR count). The summed E-state index contributed by atoms with van der Waals surface area (Å²) in [4.78, 5) is 16.2. The molecule has 0 unspecified atom stereocenters. The van der Waals surface area contributed by atoms with Crippen molar-refractivity contribution in [1.29, 1.82) is 0 Å². The average molecular weight is 408 g/mol. The summed E-state index contributed by atoms with van der Waals surface area (Å²) in [5, 5.41) is 6.32. The number of halogens is 1. The Kier molecular flexibility index (Phi) is 6.00. The molecule has 2 heterocycles. The summed E-state index contributed by atoms with van der Waals surface area (Å²) >= 11 is 0. The van der Waals surface area contributed by atoms with E-state index in [-0.39, 0.29) is 12.4 Å². The molecule has 0 aliphatic heterocycles. The van der Waals surface area contributed by atoms with Crippen molar-refractivity contribution >= 4 is 28.6 Å². The molecule has 0 saturated carbocycles. The van der Waals surface area contributed by atoms with Crippen LogP contribution in [0.15, 0.2) is 54.9 Å². The van der Waals surface area contributed by atoms with Gasteiger partial charge in [0, 0.05) is 25.4 Å². The van der Waals surface area contributed by atoms with E-state index >= 15 is 0 Å². The van der Waals surface area contributed by atoms with E-state index in [4.69, 9.17) is 9.47 Å². The third kappa shape index (κ3) is 4.64. The third-order valence-corrected chi connectivity index (χ3v) is 4.32. The van der Waals surface area contributed by atoms with E-state index in [0.717, 1.165) is 5.56 Å². The van der Waals surface area contributed by atoms with Crippen LogP contribution in [0.1, 0.15) is 5.56 Å². The number of fused-ring (bicyclic) bond motifs is 1. The molecule has 0 saturated heterocycles. The minimum atomic E-state index is -0.487. The Bertz CT molecular complexity index is 1120. The fourth-order valence-electron chi connectivity index (χ4n) is 2.86. The maximum Gasteiger partial charge on any atom is 0.231 e. The highest BCUT2D eigenvalue weighted by atomic mass is 19.1. The summed E-state index contributed by atoms with van der Waals surface area (Å²) < 4.78 is 24.5. The van der Waals surface area contributed by atoms with Gasteiger partial charge in [-0.25, -0.2) is 9.37 Å². The van der Waals surface area contributed by atoms with Gasteiger partial charge in [0.25, 0.3) is 0 Å². The van der Waals surface area contributed by atoms with Gasteiger partial charge in [-0.15, -0.1) is 0 Å². The summed E-state index contributed by atoms with van der Waals surface area (Å²) in [6.07, 6.45) is 1.56. The van der Waals surface area contributed by atoms with E-state index in [0.29, 0.717) is 41.8 Å². The second kappa shape index (κ2) is 9.19. The standard InChI is InChI=1S/C21H21FN6O2/c1-29-9-10-30-17-8-7-15(11-16(17)22)26-21-27-19(18-20(28-21)25-13-24-18)23-12-14-5-3-2-4-6-14/h2-8,11,13H,9-10,12H2,1H3,(H3,23,24,25,26,27,28). The van der Waals surface area contributed by atoms with Crippen LogP contribution in [0.5, 0.6) is 5.75 Å². The molecular formula is C21H21FN6O2. The van der Waals surface area contributed by atoms with Gasteiger partial charge in [0.05, 0.1) is 12.9 Å². The second-order valence-electron chi connectivity index (χ2n) is 6.45. The molecule has 0 spiro atoms. The van der Waals surface area contributed by atoms with E-state index in [9.17, 15) is 4.39 Å². The number of hydrogen-bond donors (Lipinski definition) is 3. The molecule has 4 aromatic rings. The highest BCUT2D eigenvalue weighted by molar-refractivity contribution is 5.84. The topological polar surface area (TPSA) is 97.0 Å². The maximum atomic E-state index is 14.3. The van der Waals surface area contributed by atoms with Crippen LogP contribution in [0.3, 0.4) is 0 Å². The highest BCUT2D eigenvalue weighted by Gasteiger charge is 2.11. The van der Waals surface area contributed by atoms with Gasteiger partial charge in [0.1, 0.15) is 12.1 Å². The largest absolute Gasteiger partial charge is 0.488 e. The average Bonchev–Trinajstić information content (AvgIpc) is 3.23. The predicted molar refractivity (Wildman–Crippen MR) is 113 cm³/mol. The van der Waals surface area contributed by atoms with Crippen molar-refractivity contribution in [3.05, 3.63) is 66.2 Å². The molecule has 3 N–H and O–H groups in total. The van der Waals surface area contributed by atoms with E-state index in [2.05, 4.69) is 30.6 Å². The van der Waals surface area contributed by atoms with Crippen LogP contribution in [0.4, 0.5) is 21.8 Å². The number of hydrogen-bond acceptors (Lipinski definition) is 7. The van der Waals surface area contributed by atoms with Crippen LogP contribution in [0.2, 0.25) is 0 Å². The number of nitrogens with one attached hydrogen (secondary N) is 3. The van der Waals surface area contributed by atoms with E-state index in [1.165, 1.54) is 6.07 Å². The van der Waals surface area contributed by atoms with E-state index < -0.39 is 5.82 Å². The normalized spacial score (nSPS) is 10.9. The van der Waals surface area contributed by atoms with Crippen molar-refractivity contribution in [3.8, 4) is 5.75 Å². The Labute approximate surface area is 172 Å².